The van der Waals surface area contributed by atoms with Crippen molar-refractivity contribution in [1.82, 2.24) is 24.9 Å². The van der Waals surface area contributed by atoms with Crippen LogP contribution in [0, 0.1) is 5.92 Å². The minimum absolute atomic E-state index is 0.0216. The smallest absolute Gasteiger partial charge is 0.410 e. The summed E-state index contributed by atoms with van der Waals surface area (Å²) in [5.41, 5.74) is 0.579. The zero-order valence-corrected chi connectivity index (χ0v) is 18.8. The van der Waals surface area contributed by atoms with Gasteiger partial charge in [-0.05, 0) is 26.7 Å². The van der Waals surface area contributed by atoms with E-state index in [1.54, 1.807) is 23.7 Å². The van der Waals surface area contributed by atoms with Crippen molar-refractivity contribution in [2.45, 2.75) is 39.4 Å². The maximum absolute atomic E-state index is 12.1. The molecule has 1 aliphatic rings. The highest BCUT2D eigenvalue weighted by atomic mass is 16.6. The molecule has 0 spiro atoms. The van der Waals surface area contributed by atoms with Crippen LogP contribution >= 0.6 is 0 Å². The summed E-state index contributed by atoms with van der Waals surface area (Å²) in [6.07, 6.45) is 3.51. The molecule has 1 saturated heterocycles. The minimum Gasteiger partial charge on any atom is -0.444 e. The molecule has 29 heavy (non-hydrogen) atoms. The highest BCUT2D eigenvalue weighted by Crippen LogP contribution is 2.21. The van der Waals surface area contributed by atoms with E-state index in [-0.39, 0.29) is 18.1 Å². The van der Waals surface area contributed by atoms with Crippen LogP contribution in [-0.4, -0.2) is 84.1 Å². The molecule has 2 heterocycles. The average Bonchev–Trinajstić information content (AvgIpc) is 3.07. The van der Waals surface area contributed by atoms with Crippen molar-refractivity contribution in [2.75, 3.05) is 46.9 Å². The Balaban J connectivity index is 1.84. The fraction of sp³-hybridized carbons (Fsp3) is 0.750. The first-order valence-corrected chi connectivity index (χ1v) is 10.1. The fourth-order valence-electron chi connectivity index (χ4n) is 3.19. The van der Waals surface area contributed by atoms with Gasteiger partial charge in [-0.1, -0.05) is 6.92 Å². The first-order chi connectivity index (χ1) is 13.6. The molecule has 0 bridgehead atoms. The topological polar surface area (TPSA) is 84.2 Å². The van der Waals surface area contributed by atoms with Crippen LogP contribution in [0.1, 0.15) is 39.4 Å². The molecule has 2 atom stereocenters. The van der Waals surface area contributed by atoms with Gasteiger partial charge in [-0.2, -0.15) is 5.10 Å². The number of rotatable bonds is 5. The molecule has 1 N–H and O–H groups in total. The van der Waals surface area contributed by atoms with Crippen LogP contribution in [0.4, 0.5) is 4.79 Å². The zero-order chi connectivity index (χ0) is 21.6. The van der Waals surface area contributed by atoms with E-state index in [0.29, 0.717) is 19.7 Å². The lowest BCUT2D eigenvalue weighted by atomic mass is 10.1. The number of carbonyl (C=O) groups excluding carboxylic acids is 1. The van der Waals surface area contributed by atoms with Gasteiger partial charge in [0.1, 0.15) is 11.7 Å². The van der Waals surface area contributed by atoms with Gasteiger partial charge in [-0.25, -0.2) is 4.79 Å². The Morgan fingerprint density at radius 1 is 1.52 bits per heavy atom. The van der Waals surface area contributed by atoms with E-state index in [4.69, 9.17) is 9.47 Å². The van der Waals surface area contributed by atoms with E-state index in [0.717, 1.165) is 24.6 Å². The molecule has 1 aromatic heterocycles. The van der Waals surface area contributed by atoms with Gasteiger partial charge in [-0.15, -0.1) is 0 Å². The van der Waals surface area contributed by atoms with Crippen molar-refractivity contribution >= 4 is 12.1 Å². The minimum atomic E-state index is -0.490. The Morgan fingerprint density at radius 3 is 2.83 bits per heavy atom. The van der Waals surface area contributed by atoms with E-state index >= 15 is 0 Å². The van der Waals surface area contributed by atoms with E-state index in [9.17, 15) is 4.79 Å². The molecule has 1 aromatic rings. The predicted molar refractivity (Wildman–Crippen MR) is 113 cm³/mol. The Hall–Kier alpha value is -2.29. The molecule has 2 rings (SSSR count). The summed E-state index contributed by atoms with van der Waals surface area (Å²) >= 11 is 0. The number of amides is 1. The monoisotopic (exact) mass is 408 g/mol. The second-order valence-electron chi connectivity index (χ2n) is 8.65. The average molecular weight is 409 g/mol. The van der Waals surface area contributed by atoms with Crippen molar-refractivity contribution in [3.05, 3.63) is 18.0 Å². The van der Waals surface area contributed by atoms with Crippen molar-refractivity contribution in [3.8, 4) is 0 Å². The van der Waals surface area contributed by atoms with Crippen LogP contribution in [0.25, 0.3) is 0 Å². The number of nitrogens with one attached hydrogen (secondary N) is 1. The summed E-state index contributed by atoms with van der Waals surface area (Å²) < 4.78 is 13.1. The van der Waals surface area contributed by atoms with Crippen LogP contribution in [0.3, 0.4) is 0 Å². The largest absolute Gasteiger partial charge is 0.444 e. The lowest BCUT2D eigenvalue weighted by Crippen LogP contribution is -2.49. The summed E-state index contributed by atoms with van der Waals surface area (Å²) in [4.78, 5) is 20.4. The quantitative estimate of drug-likeness (QED) is 0.592. The zero-order valence-electron chi connectivity index (χ0n) is 18.8. The van der Waals surface area contributed by atoms with Crippen molar-refractivity contribution in [1.29, 1.82) is 0 Å². The SMILES string of the molecule is CN=C(NCC(C)CN(C)C(=O)OC(C)(C)C)N1CCOC(c2cnn(C)c2)C1. The van der Waals surface area contributed by atoms with E-state index in [2.05, 4.69) is 27.2 Å². The van der Waals surface area contributed by atoms with E-state index < -0.39 is 5.60 Å². The Labute approximate surface area is 174 Å². The summed E-state index contributed by atoms with van der Waals surface area (Å²) in [5.74, 6) is 1.08. The molecule has 9 nitrogen and oxygen atoms in total. The number of nitrogens with zero attached hydrogens (tertiary/aromatic N) is 5. The second-order valence-corrected chi connectivity index (χ2v) is 8.65. The number of ether oxygens (including phenoxy) is 2. The third kappa shape index (κ3) is 7.23. The van der Waals surface area contributed by atoms with Gasteiger partial charge in [0.25, 0.3) is 0 Å². The van der Waals surface area contributed by atoms with Gasteiger partial charge in [0.15, 0.2) is 5.96 Å². The number of hydrogen-bond acceptors (Lipinski definition) is 5. The van der Waals surface area contributed by atoms with Gasteiger partial charge in [-0.3, -0.25) is 9.67 Å². The molecule has 1 fully saturated rings. The molecule has 0 radical (unpaired) electrons. The number of aryl methyl sites for hydroxylation is 1. The third-order valence-electron chi connectivity index (χ3n) is 4.57. The molecule has 0 saturated carbocycles. The number of hydrogen-bond donors (Lipinski definition) is 1. The first-order valence-electron chi connectivity index (χ1n) is 10.1. The number of morpholine rings is 1. The predicted octanol–water partition coefficient (Wildman–Crippen LogP) is 1.87. The molecular weight excluding hydrogens is 372 g/mol. The standard InChI is InChI=1S/C20H36N6O3/c1-15(12-24(6)19(27)29-20(2,3)4)10-22-18(21-5)26-8-9-28-17(14-26)16-11-23-25(7)13-16/h11,13,15,17H,8-10,12,14H2,1-7H3,(H,21,22). The van der Waals surface area contributed by atoms with Gasteiger partial charge in [0.05, 0.1) is 19.3 Å². The lowest BCUT2D eigenvalue weighted by Gasteiger charge is -2.35. The van der Waals surface area contributed by atoms with E-state index in [1.165, 1.54) is 0 Å². The number of aromatic nitrogens is 2. The van der Waals surface area contributed by atoms with Crippen LogP contribution in [-0.2, 0) is 16.5 Å². The van der Waals surface area contributed by atoms with Crippen molar-refractivity contribution in [3.63, 3.8) is 0 Å². The van der Waals surface area contributed by atoms with Crippen LogP contribution < -0.4 is 5.32 Å². The number of guanidine groups is 1. The second kappa shape index (κ2) is 9.96. The number of carbonyl (C=O) groups is 1. The molecule has 2 unspecified atom stereocenters. The van der Waals surface area contributed by atoms with Crippen molar-refractivity contribution in [2.24, 2.45) is 18.0 Å². The number of aliphatic imine (C=N–C) groups is 1. The summed E-state index contributed by atoms with van der Waals surface area (Å²) in [7, 11) is 5.45. The molecule has 9 heteroatoms. The Morgan fingerprint density at radius 2 is 2.24 bits per heavy atom. The Kier molecular flexibility index (Phi) is 7.89. The third-order valence-corrected chi connectivity index (χ3v) is 4.57. The molecule has 0 aromatic carbocycles. The summed E-state index contributed by atoms with van der Waals surface area (Å²) in [6, 6.07) is 0. The molecule has 1 amide bonds. The molecule has 164 valence electrons. The first kappa shape index (κ1) is 23.0. The fourth-order valence-corrected chi connectivity index (χ4v) is 3.19. The lowest BCUT2D eigenvalue weighted by molar-refractivity contribution is -0.00811. The normalized spacial score (nSPS) is 19.1. The summed E-state index contributed by atoms with van der Waals surface area (Å²) in [5, 5.41) is 7.66. The maximum Gasteiger partial charge on any atom is 0.410 e. The molecule has 0 aliphatic carbocycles. The van der Waals surface area contributed by atoms with Crippen molar-refractivity contribution < 1.29 is 14.3 Å². The van der Waals surface area contributed by atoms with E-state index in [1.807, 2.05) is 40.2 Å². The Bertz CT molecular complexity index is 697. The summed E-state index contributed by atoms with van der Waals surface area (Å²) in [6.45, 7) is 11.1. The highest BCUT2D eigenvalue weighted by molar-refractivity contribution is 5.80. The van der Waals surface area contributed by atoms with Crippen LogP contribution in [0.5, 0.6) is 0 Å². The van der Waals surface area contributed by atoms with Gasteiger partial charge in [0.2, 0.25) is 0 Å². The van der Waals surface area contributed by atoms with Crippen LogP contribution in [0.15, 0.2) is 17.4 Å². The van der Waals surface area contributed by atoms with Crippen LogP contribution in [0.2, 0.25) is 0 Å². The maximum atomic E-state index is 12.1. The molecule has 1 aliphatic heterocycles. The van der Waals surface area contributed by atoms with Gasteiger partial charge in [0, 0.05) is 52.5 Å². The van der Waals surface area contributed by atoms with Gasteiger partial charge < -0.3 is 24.6 Å². The van der Waals surface area contributed by atoms with Gasteiger partial charge >= 0.3 is 6.09 Å². The molecular formula is C20H36N6O3. The highest BCUT2D eigenvalue weighted by Gasteiger charge is 2.26.